The molecule has 25 heavy (non-hydrogen) atoms. The minimum Gasteiger partial charge on any atom is -0.459 e. The predicted molar refractivity (Wildman–Crippen MR) is 91.9 cm³/mol. The third-order valence-electron chi connectivity index (χ3n) is 4.63. The second-order valence-electron chi connectivity index (χ2n) is 6.13. The molecule has 0 atom stereocenters. The number of carbonyl (C=O) groups excluding carboxylic acids is 1. The highest BCUT2D eigenvalue weighted by molar-refractivity contribution is 5.91. The Labute approximate surface area is 146 Å². The summed E-state index contributed by atoms with van der Waals surface area (Å²) in [7, 11) is 0. The molecule has 2 fully saturated rings. The number of piperazine rings is 1. The number of furan rings is 1. The number of ether oxygens (including phenoxy) is 1. The molecule has 4 heterocycles. The van der Waals surface area contributed by atoms with E-state index in [1.807, 2.05) is 4.90 Å². The Kier molecular flexibility index (Phi) is 4.51. The van der Waals surface area contributed by atoms with Crippen molar-refractivity contribution >= 4 is 17.4 Å². The van der Waals surface area contributed by atoms with Crippen molar-refractivity contribution in [3.63, 3.8) is 0 Å². The van der Waals surface area contributed by atoms with Gasteiger partial charge >= 0.3 is 0 Å². The van der Waals surface area contributed by atoms with Gasteiger partial charge in [0.2, 0.25) is 0 Å². The van der Waals surface area contributed by atoms with Crippen molar-refractivity contribution in [3.8, 4) is 0 Å². The quantitative estimate of drug-likeness (QED) is 0.818. The molecule has 0 aromatic carbocycles. The normalized spacial score (nSPS) is 18.5. The van der Waals surface area contributed by atoms with Crippen LogP contribution in [0, 0.1) is 0 Å². The van der Waals surface area contributed by atoms with Gasteiger partial charge in [-0.15, -0.1) is 5.10 Å². The van der Waals surface area contributed by atoms with E-state index in [1.165, 1.54) is 6.26 Å². The van der Waals surface area contributed by atoms with E-state index >= 15 is 0 Å². The van der Waals surface area contributed by atoms with Crippen molar-refractivity contribution in [2.45, 2.75) is 0 Å². The number of hydrogen-bond acceptors (Lipinski definition) is 7. The monoisotopic (exact) mass is 343 g/mol. The molecule has 8 heteroatoms. The van der Waals surface area contributed by atoms with Crippen LogP contribution < -0.4 is 9.80 Å². The van der Waals surface area contributed by atoms with Crippen LogP contribution in [0.25, 0.3) is 0 Å². The lowest BCUT2D eigenvalue weighted by Gasteiger charge is -2.36. The summed E-state index contributed by atoms with van der Waals surface area (Å²) in [6.45, 7) is 5.97. The summed E-state index contributed by atoms with van der Waals surface area (Å²) in [5, 5.41) is 8.41. The summed E-state index contributed by atoms with van der Waals surface area (Å²) in [4.78, 5) is 18.6. The molecule has 1 amide bonds. The van der Waals surface area contributed by atoms with Crippen molar-refractivity contribution < 1.29 is 13.9 Å². The molecule has 2 aliphatic heterocycles. The highest BCUT2D eigenvalue weighted by Crippen LogP contribution is 2.21. The first kappa shape index (κ1) is 15.9. The third kappa shape index (κ3) is 3.43. The van der Waals surface area contributed by atoms with Crippen molar-refractivity contribution in [2.24, 2.45) is 0 Å². The maximum Gasteiger partial charge on any atom is 0.289 e. The van der Waals surface area contributed by atoms with Crippen molar-refractivity contribution in [1.82, 2.24) is 15.1 Å². The SMILES string of the molecule is O=C(c1ccco1)N1CCN(c2cnnc(N3CCOCC3)c2)CC1. The summed E-state index contributed by atoms with van der Waals surface area (Å²) >= 11 is 0. The maximum absolute atomic E-state index is 12.3. The minimum atomic E-state index is -0.0495. The van der Waals surface area contributed by atoms with Gasteiger partial charge in [-0.25, -0.2) is 0 Å². The Bertz CT molecular complexity index is 707. The molecule has 0 spiro atoms. The smallest absolute Gasteiger partial charge is 0.289 e. The van der Waals surface area contributed by atoms with Crippen LogP contribution in [-0.4, -0.2) is 73.5 Å². The van der Waals surface area contributed by atoms with E-state index in [9.17, 15) is 4.79 Å². The fourth-order valence-corrected chi connectivity index (χ4v) is 3.19. The number of morpholine rings is 1. The molecule has 0 aliphatic carbocycles. The molecule has 0 N–H and O–H groups in total. The highest BCUT2D eigenvalue weighted by Gasteiger charge is 2.24. The minimum absolute atomic E-state index is 0.0495. The summed E-state index contributed by atoms with van der Waals surface area (Å²) < 4.78 is 10.6. The number of aromatic nitrogens is 2. The van der Waals surface area contributed by atoms with E-state index in [0.29, 0.717) is 18.8 Å². The van der Waals surface area contributed by atoms with Gasteiger partial charge < -0.3 is 23.9 Å². The third-order valence-corrected chi connectivity index (χ3v) is 4.63. The molecule has 2 aromatic heterocycles. The van der Waals surface area contributed by atoms with Crippen LogP contribution in [0.15, 0.2) is 35.1 Å². The first-order chi connectivity index (χ1) is 12.3. The van der Waals surface area contributed by atoms with Crippen LogP contribution in [0.3, 0.4) is 0 Å². The number of rotatable bonds is 3. The molecule has 4 rings (SSSR count). The first-order valence-corrected chi connectivity index (χ1v) is 8.54. The molecule has 132 valence electrons. The molecule has 0 radical (unpaired) electrons. The zero-order valence-corrected chi connectivity index (χ0v) is 14.0. The lowest BCUT2D eigenvalue weighted by molar-refractivity contribution is 0.0714. The number of nitrogens with zero attached hydrogens (tertiary/aromatic N) is 5. The fourth-order valence-electron chi connectivity index (χ4n) is 3.19. The van der Waals surface area contributed by atoms with Crippen LogP contribution in [0.2, 0.25) is 0 Å². The lowest BCUT2D eigenvalue weighted by Crippen LogP contribution is -2.48. The number of hydrogen-bond donors (Lipinski definition) is 0. The van der Waals surface area contributed by atoms with Gasteiger partial charge in [-0.3, -0.25) is 4.79 Å². The van der Waals surface area contributed by atoms with Crippen molar-refractivity contribution in [1.29, 1.82) is 0 Å². The van der Waals surface area contributed by atoms with E-state index in [2.05, 4.69) is 26.1 Å². The summed E-state index contributed by atoms with van der Waals surface area (Å²) in [6, 6.07) is 5.51. The van der Waals surface area contributed by atoms with Crippen LogP contribution >= 0.6 is 0 Å². The Morgan fingerprint density at radius 2 is 1.84 bits per heavy atom. The van der Waals surface area contributed by atoms with Gasteiger partial charge in [0, 0.05) is 45.3 Å². The molecule has 0 unspecified atom stereocenters. The zero-order valence-electron chi connectivity index (χ0n) is 14.0. The predicted octanol–water partition coefficient (Wildman–Crippen LogP) is 0.869. The second kappa shape index (κ2) is 7.10. The van der Waals surface area contributed by atoms with Gasteiger partial charge in [0.1, 0.15) is 0 Å². The summed E-state index contributed by atoms with van der Waals surface area (Å²) in [5.41, 5.74) is 1.04. The van der Waals surface area contributed by atoms with Crippen LogP contribution in [0.5, 0.6) is 0 Å². The molecule has 2 saturated heterocycles. The summed E-state index contributed by atoms with van der Waals surface area (Å²) in [6.07, 6.45) is 3.31. The van der Waals surface area contributed by atoms with E-state index in [1.54, 1.807) is 18.3 Å². The summed E-state index contributed by atoms with van der Waals surface area (Å²) in [5.74, 6) is 1.23. The van der Waals surface area contributed by atoms with E-state index in [4.69, 9.17) is 9.15 Å². The number of amides is 1. The van der Waals surface area contributed by atoms with Crippen LogP contribution in [0.4, 0.5) is 11.5 Å². The molecular formula is C17H21N5O3. The van der Waals surface area contributed by atoms with Gasteiger partial charge in [-0.2, -0.15) is 5.10 Å². The molecular weight excluding hydrogens is 322 g/mol. The number of anilines is 2. The van der Waals surface area contributed by atoms with Crippen molar-refractivity contribution in [3.05, 3.63) is 36.4 Å². The Balaban J connectivity index is 1.40. The zero-order chi connectivity index (χ0) is 17.1. The average molecular weight is 343 g/mol. The van der Waals surface area contributed by atoms with Gasteiger partial charge in [-0.05, 0) is 12.1 Å². The maximum atomic E-state index is 12.3. The Morgan fingerprint density at radius 3 is 2.56 bits per heavy atom. The van der Waals surface area contributed by atoms with Gasteiger partial charge in [0.15, 0.2) is 11.6 Å². The first-order valence-electron chi connectivity index (χ1n) is 8.54. The fraction of sp³-hybridized carbons (Fsp3) is 0.471. The van der Waals surface area contributed by atoms with Gasteiger partial charge in [0.05, 0.1) is 31.4 Å². The number of carbonyl (C=O) groups is 1. The largest absolute Gasteiger partial charge is 0.459 e. The molecule has 2 aromatic rings. The van der Waals surface area contributed by atoms with Gasteiger partial charge in [0.25, 0.3) is 5.91 Å². The van der Waals surface area contributed by atoms with Crippen LogP contribution in [0.1, 0.15) is 10.6 Å². The van der Waals surface area contributed by atoms with E-state index in [-0.39, 0.29) is 5.91 Å². The highest BCUT2D eigenvalue weighted by atomic mass is 16.5. The lowest BCUT2D eigenvalue weighted by atomic mass is 10.2. The average Bonchev–Trinajstić information content (AvgIpc) is 3.23. The second-order valence-corrected chi connectivity index (χ2v) is 6.13. The van der Waals surface area contributed by atoms with E-state index in [0.717, 1.165) is 50.9 Å². The molecule has 0 bridgehead atoms. The van der Waals surface area contributed by atoms with E-state index < -0.39 is 0 Å². The topological polar surface area (TPSA) is 74.9 Å². The molecule has 0 saturated carbocycles. The molecule has 8 nitrogen and oxygen atoms in total. The Morgan fingerprint density at radius 1 is 1.04 bits per heavy atom. The Hall–Kier alpha value is -2.61. The standard InChI is InChI=1S/C17H21N5O3/c23-17(15-2-1-9-25-15)22-5-3-20(4-6-22)14-12-16(19-18-13-14)21-7-10-24-11-8-21/h1-2,9,12-13H,3-8,10-11H2. The van der Waals surface area contributed by atoms with Crippen LogP contribution in [-0.2, 0) is 4.74 Å². The van der Waals surface area contributed by atoms with Gasteiger partial charge in [-0.1, -0.05) is 0 Å². The van der Waals surface area contributed by atoms with Crippen molar-refractivity contribution in [2.75, 3.05) is 62.3 Å². The molecule has 2 aliphatic rings.